The van der Waals surface area contributed by atoms with Gasteiger partial charge in [-0.1, -0.05) is 36.8 Å². The first-order valence-corrected chi connectivity index (χ1v) is 5.60. The van der Waals surface area contributed by atoms with Gasteiger partial charge in [-0.3, -0.25) is 0 Å². The number of aliphatic hydroxyl groups is 1. The molecule has 0 aliphatic carbocycles. The quantitative estimate of drug-likeness (QED) is 0.777. The van der Waals surface area contributed by atoms with E-state index in [0.717, 1.165) is 6.42 Å². The third-order valence-corrected chi connectivity index (χ3v) is 2.65. The normalized spacial score (nSPS) is 14.9. The molecule has 84 valence electrons. The molecule has 0 spiro atoms. The van der Waals surface area contributed by atoms with E-state index in [4.69, 9.17) is 5.11 Å². The van der Waals surface area contributed by atoms with Crippen LogP contribution in [0.25, 0.3) is 0 Å². The fourth-order valence-corrected chi connectivity index (χ4v) is 1.64. The first-order valence-electron chi connectivity index (χ1n) is 5.60. The van der Waals surface area contributed by atoms with E-state index in [2.05, 4.69) is 43.4 Å². The van der Waals surface area contributed by atoms with Gasteiger partial charge in [-0.2, -0.15) is 0 Å². The van der Waals surface area contributed by atoms with Crippen molar-refractivity contribution < 1.29 is 5.11 Å². The van der Waals surface area contributed by atoms with Crippen LogP contribution < -0.4 is 5.32 Å². The van der Waals surface area contributed by atoms with Crippen LogP contribution in [0.4, 0.5) is 0 Å². The highest BCUT2D eigenvalue weighted by Gasteiger charge is 2.11. The summed E-state index contributed by atoms with van der Waals surface area (Å²) in [7, 11) is 0. The van der Waals surface area contributed by atoms with E-state index in [-0.39, 0.29) is 12.6 Å². The molecule has 2 heteroatoms. The van der Waals surface area contributed by atoms with Gasteiger partial charge in [0.2, 0.25) is 0 Å². The number of benzene rings is 1. The van der Waals surface area contributed by atoms with Crippen molar-refractivity contribution in [2.75, 3.05) is 6.61 Å². The molecular weight excluding hydrogens is 186 g/mol. The Morgan fingerprint density at radius 1 is 1.27 bits per heavy atom. The van der Waals surface area contributed by atoms with Gasteiger partial charge in [0.1, 0.15) is 0 Å². The maximum absolute atomic E-state index is 9.01. The SMILES string of the molecule is CC[C@H](N[C@H](C)CO)c1ccc(C)cc1. The summed E-state index contributed by atoms with van der Waals surface area (Å²) in [6, 6.07) is 9.05. The van der Waals surface area contributed by atoms with E-state index >= 15 is 0 Å². The molecule has 0 bridgehead atoms. The fraction of sp³-hybridized carbons (Fsp3) is 0.538. The molecule has 1 aromatic carbocycles. The largest absolute Gasteiger partial charge is 0.395 e. The molecule has 0 heterocycles. The van der Waals surface area contributed by atoms with Crippen LogP contribution in [0.15, 0.2) is 24.3 Å². The van der Waals surface area contributed by atoms with Crippen LogP contribution in [-0.4, -0.2) is 17.8 Å². The van der Waals surface area contributed by atoms with Crippen LogP contribution >= 0.6 is 0 Å². The summed E-state index contributed by atoms with van der Waals surface area (Å²) in [6.07, 6.45) is 1.04. The van der Waals surface area contributed by atoms with Gasteiger partial charge in [-0.05, 0) is 25.8 Å². The molecule has 0 saturated heterocycles. The number of rotatable bonds is 5. The highest BCUT2D eigenvalue weighted by molar-refractivity contribution is 5.24. The average molecular weight is 207 g/mol. The zero-order valence-corrected chi connectivity index (χ0v) is 9.83. The zero-order valence-electron chi connectivity index (χ0n) is 9.83. The van der Waals surface area contributed by atoms with Crippen LogP contribution in [0.1, 0.15) is 37.4 Å². The van der Waals surface area contributed by atoms with Crippen LogP contribution in [0, 0.1) is 6.92 Å². The third-order valence-electron chi connectivity index (χ3n) is 2.65. The average Bonchev–Trinajstić information content (AvgIpc) is 2.27. The maximum atomic E-state index is 9.01. The Hall–Kier alpha value is -0.860. The van der Waals surface area contributed by atoms with Crippen LogP contribution in [0.2, 0.25) is 0 Å². The van der Waals surface area contributed by atoms with Gasteiger partial charge in [0, 0.05) is 12.1 Å². The van der Waals surface area contributed by atoms with Crippen molar-refractivity contribution >= 4 is 0 Å². The van der Waals surface area contributed by atoms with Crippen molar-refractivity contribution in [3.63, 3.8) is 0 Å². The van der Waals surface area contributed by atoms with Gasteiger partial charge in [-0.25, -0.2) is 0 Å². The number of hydrogen-bond donors (Lipinski definition) is 2. The molecule has 15 heavy (non-hydrogen) atoms. The molecule has 0 radical (unpaired) electrons. The highest BCUT2D eigenvalue weighted by Crippen LogP contribution is 2.17. The second-order valence-electron chi connectivity index (χ2n) is 4.12. The Morgan fingerprint density at radius 2 is 1.87 bits per heavy atom. The minimum Gasteiger partial charge on any atom is -0.395 e. The smallest absolute Gasteiger partial charge is 0.0582 e. The van der Waals surface area contributed by atoms with Gasteiger partial charge in [0.25, 0.3) is 0 Å². The molecule has 0 unspecified atom stereocenters. The summed E-state index contributed by atoms with van der Waals surface area (Å²) in [5.41, 5.74) is 2.58. The Labute approximate surface area is 92.3 Å². The number of nitrogens with one attached hydrogen (secondary N) is 1. The van der Waals surface area contributed by atoms with E-state index in [9.17, 15) is 0 Å². The first-order chi connectivity index (χ1) is 7.17. The molecule has 2 atom stereocenters. The molecular formula is C13H21NO. The van der Waals surface area contributed by atoms with E-state index in [1.807, 2.05) is 6.92 Å². The Bertz CT molecular complexity index is 281. The standard InChI is InChI=1S/C13H21NO/c1-4-13(14-11(3)9-15)12-7-5-10(2)6-8-12/h5-8,11,13-15H,4,9H2,1-3H3/t11-,13+/m1/s1. The molecule has 0 aromatic heterocycles. The van der Waals surface area contributed by atoms with Crippen molar-refractivity contribution in [3.05, 3.63) is 35.4 Å². The van der Waals surface area contributed by atoms with Gasteiger partial charge in [0.15, 0.2) is 0 Å². The fourth-order valence-electron chi connectivity index (χ4n) is 1.64. The van der Waals surface area contributed by atoms with Gasteiger partial charge < -0.3 is 10.4 Å². The molecule has 0 amide bonds. The van der Waals surface area contributed by atoms with E-state index in [1.165, 1.54) is 11.1 Å². The molecule has 0 aliphatic rings. The van der Waals surface area contributed by atoms with Crippen molar-refractivity contribution in [2.24, 2.45) is 0 Å². The minimum atomic E-state index is 0.149. The van der Waals surface area contributed by atoms with Gasteiger partial charge in [-0.15, -0.1) is 0 Å². The summed E-state index contributed by atoms with van der Waals surface area (Å²) in [5.74, 6) is 0. The lowest BCUT2D eigenvalue weighted by Gasteiger charge is -2.21. The third kappa shape index (κ3) is 3.65. The van der Waals surface area contributed by atoms with E-state index in [0.29, 0.717) is 6.04 Å². The highest BCUT2D eigenvalue weighted by atomic mass is 16.3. The number of aliphatic hydroxyl groups excluding tert-OH is 1. The van der Waals surface area contributed by atoms with Crippen molar-refractivity contribution in [2.45, 2.75) is 39.3 Å². The van der Waals surface area contributed by atoms with Crippen molar-refractivity contribution in [1.82, 2.24) is 5.32 Å². The summed E-state index contributed by atoms with van der Waals surface area (Å²) < 4.78 is 0. The number of aryl methyl sites for hydroxylation is 1. The number of hydrogen-bond acceptors (Lipinski definition) is 2. The van der Waals surface area contributed by atoms with Crippen LogP contribution in [-0.2, 0) is 0 Å². The summed E-state index contributed by atoms with van der Waals surface area (Å²) >= 11 is 0. The summed E-state index contributed by atoms with van der Waals surface area (Å²) in [4.78, 5) is 0. The summed E-state index contributed by atoms with van der Waals surface area (Å²) in [6.45, 7) is 6.43. The lowest BCUT2D eigenvalue weighted by Crippen LogP contribution is -2.32. The first kappa shape index (κ1) is 12.2. The Morgan fingerprint density at radius 3 is 2.33 bits per heavy atom. The molecule has 1 rings (SSSR count). The van der Waals surface area contributed by atoms with Gasteiger partial charge >= 0.3 is 0 Å². The molecule has 2 N–H and O–H groups in total. The van der Waals surface area contributed by atoms with Crippen LogP contribution in [0.5, 0.6) is 0 Å². The predicted octanol–water partition coefficient (Wildman–Crippen LogP) is 2.42. The van der Waals surface area contributed by atoms with Crippen molar-refractivity contribution in [1.29, 1.82) is 0 Å². The van der Waals surface area contributed by atoms with Crippen LogP contribution in [0.3, 0.4) is 0 Å². The van der Waals surface area contributed by atoms with Crippen molar-refractivity contribution in [3.8, 4) is 0 Å². The Balaban J connectivity index is 2.69. The van der Waals surface area contributed by atoms with E-state index in [1.54, 1.807) is 0 Å². The summed E-state index contributed by atoms with van der Waals surface area (Å²) in [5, 5.41) is 12.4. The minimum absolute atomic E-state index is 0.149. The maximum Gasteiger partial charge on any atom is 0.0582 e. The lowest BCUT2D eigenvalue weighted by molar-refractivity contribution is 0.239. The molecule has 0 saturated carbocycles. The second kappa shape index (κ2) is 5.89. The second-order valence-corrected chi connectivity index (χ2v) is 4.12. The predicted molar refractivity (Wildman–Crippen MR) is 63.9 cm³/mol. The topological polar surface area (TPSA) is 32.3 Å². The monoisotopic (exact) mass is 207 g/mol. The Kier molecular flexibility index (Phi) is 4.79. The van der Waals surface area contributed by atoms with E-state index < -0.39 is 0 Å². The zero-order chi connectivity index (χ0) is 11.3. The van der Waals surface area contributed by atoms with Gasteiger partial charge in [0.05, 0.1) is 6.61 Å². The molecule has 0 aliphatic heterocycles. The molecule has 1 aromatic rings. The lowest BCUT2D eigenvalue weighted by atomic mass is 10.0. The molecule has 0 fully saturated rings. The molecule has 2 nitrogen and oxygen atoms in total.